The van der Waals surface area contributed by atoms with Crippen LogP contribution in [0.25, 0.3) is 0 Å². The van der Waals surface area contributed by atoms with Gasteiger partial charge in [0.25, 0.3) is 0 Å². The van der Waals surface area contributed by atoms with Gasteiger partial charge in [-0.25, -0.2) is 0 Å². The van der Waals surface area contributed by atoms with Crippen molar-refractivity contribution < 1.29 is 9.47 Å². The fraction of sp³-hybridized carbons (Fsp3) is 0.625. The molecule has 1 N–H and O–H groups in total. The topological polar surface area (TPSA) is 30.5 Å². The van der Waals surface area contributed by atoms with Crippen LogP contribution in [0, 0.1) is 5.41 Å². The zero-order valence-electron chi connectivity index (χ0n) is 12.3. The SMILES string of the molecule is COC1CC(NCc2cc(Br)cc3c2OCC3)C1(C)C. The van der Waals surface area contributed by atoms with Crippen LogP contribution in [0.1, 0.15) is 31.4 Å². The van der Waals surface area contributed by atoms with E-state index in [9.17, 15) is 0 Å². The first kappa shape index (κ1) is 14.4. The maximum absolute atomic E-state index is 5.78. The van der Waals surface area contributed by atoms with Crippen molar-refractivity contribution in [3.05, 3.63) is 27.7 Å². The molecule has 0 radical (unpaired) electrons. The third-order valence-corrected chi connectivity index (χ3v) is 5.28. The molecule has 2 unspecified atom stereocenters. The highest BCUT2D eigenvalue weighted by Gasteiger charge is 2.48. The summed E-state index contributed by atoms with van der Waals surface area (Å²) in [6.07, 6.45) is 2.47. The van der Waals surface area contributed by atoms with Crippen molar-refractivity contribution in [3.63, 3.8) is 0 Å². The van der Waals surface area contributed by atoms with Crippen LogP contribution in [-0.4, -0.2) is 25.9 Å². The number of ether oxygens (including phenoxy) is 2. The summed E-state index contributed by atoms with van der Waals surface area (Å²) < 4.78 is 12.4. The second kappa shape index (κ2) is 5.32. The summed E-state index contributed by atoms with van der Waals surface area (Å²) in [6, 6.07) is 4.83. The van der Waals surface area contributed by atoms with Crippen LogP contribution in [0.15, 0.2) is 16.6 Å². The van der Waals surface area contributed by atoms with Gasteiger partial charge in [0.1, 0.15) is 5.75 Å². The highest BCUT2D eigenvalue weighted by Crippen LogP contribution is 2.43. The predicted octanol–water partition coefficient (Wildman–Crippen LogP) is 3.29. The molecule has 1 heterocycles. The van der Waals surface area contributed by atoms with Crippen LogP contribution in [-0.2, 0) is 17.7 Å². The maximum Gasteiger partial charge on any atom is 0.127 e. The molecule has 110 valence electrons. The maximum atomic E-state index is 5.78. The minimum Gasteiger partial charge on any atom is -0.493 e. The molecule has 1 fully saturated rings. The number of methoxy groups -OCH3 is 1. The number of halogens is 1. The Kier molecular flexibility index (Phi) is 3.82. The molecule has 0 amide bonds. The zero-order valence-corrected chi connectivity index (χ0v) is 13.9. The summed E-state index contributed by atoms with van der Waals surface area (Å²) in [7, 11) is 1.80. The van der Waals surface area contributed by atoms with Crippen LogP contribution >= 0.6 is 15.9 Å². The molecule has 3 rings (SSSR count). The van der Waals surface area contributed by atoms with Gasteiger partial charge in [0, 0.05) is 41.6 Å². The number of hydrogen-bond acceptors (Lipinski definition) is 3. The molecule has 0 bridgehead atoms. The van der Waals surface area contributed by atoms with Gasteiger partial charge in [0.2, 0.25) is 0 Å². The fourth-order valence-electron chi connectivity index (χ4n) is 3.34. The average molecular weight is 340 g/mol. The van der Waals surface area contributed by atoms with E-state index in [1.54, 1.807) is 7.11 Å². The molecule has 1 aliphatic heterocycles. The van der Waals surface area contributed by atoms with E-state index in [0.29, 0.717) is 12.1 Å². The van der Waals surface area contributed by atoms with Gasteiger partial charge >= 0.3 is 0 Å². The molecule has 4 heteroatoms. The Labute approximate surface area is 129 Å². The third kappa shape index (κ3) is 2.38. The van der Waals surface area contributed by atoms with Crippen LogP contribution in [0.5, 0.6) is 5.75 Å². The lowest BCUT2D eigenvalue weighted by atomic mass is 9.64. The summed E-state index contributed by atoms with van der Waals surface area (Å²) >= 11 is 3.59. The molecule has 2 aliphatic rings. The predicted molar refractivity (Wildman–Crippen MR) is 83.2 cm³/mol. The summed E-state index contributed by atoms with van der Waals surface area (Å²) in [4.78, 5) is 0. The second-order valence-electron chi connectivity index (χ2n) is 6.37. The van der Waals surface area contributed by atoms with E-state index in [2.05, 4.69) is 47.2 Å². The van der Waals surface area contributed by atoms with Crippen molar-refractivity contribution in [1.82, 2.24) is 5.32 Å². The van der Waals surface area contributed by atoms with E-state index in [4.69, 9.17) is 9.47 Å². The van der Waals surface area contributed by atoms with E-state index in [-0.39, 0.29) is 5.41 Å². The van der Waals surface area contributed by atoms with Gasteiger partial charge in [-0.05, 0) is 24.1 Å². The van der Waals surface area contributed by atoms with E-state index in [1.807, 2.05) is 0 Å². The lowest BCUT2D eigenvalue weighted by molar-refractivity contribution is -0.0979. The highest BCUT2D eigenvalue weighted by molar-refractivity contribution is 9.10. The zero-order chi connectivity index (χ0) is 14.3. The van der Waals surface area contributed by atoms with E-state index in [0.717, 1.165) is 36.2 Å². The highest BCUT2D eigenvalue weighted by atomic mass is 79.9. The molecule has 3 nitrogen and oxygen atoms in total. The van der Waals surface area contributed by atoms with Gasteiger partial charge < -0.3 is 14.8 Å². The normalized spacial score (nSPS) is 26.8. The smallest absolute Gasteiger partial charge is 0.127 e. The van der Waals surface area contributed by atoms with Crippen LogP contribution in [0.4, 0.5) is 0 Å². The van der Waals surface area contributed by atoms with E-state index in [1.165, 1.54) is 11.1 Å². The molecule has 1 aromatic carbocycles. The Morgan fingerprint density at radius 2 is 2.25 bits per heavy atom. The van der Waals surface area contributed by atoms with Crippen molar-refractivity contribution >= 4 is 15.9 Å². The molecule has 2 atom stereocenters. The van der Waals surface area contributed by atoms with Crippen LogP contribution in [0.2, 0.25) is 0 Å². The molecule has 1 saturated carbocycles. The molecule has 1 aliphatic carbocycles. The van der Waals surface area contributed by atoms with Crippen LogP contribution in [0.3, 0.4) is 0 Å². The molecule has 1 aromatic rings. The van der Waals surface area contributed by atoms with E-state index < -0.39 is 0 Å². The Balaban J connectivity index is 1.68. The van der Waals surface area contributed by atoms with E-state index >= 15 is 0 Å². The second-order valence-corrected chi connectivity index (χ2v) is 7.28. The summed E-state index contributed by atoms with van der Waals surface area (Å²) in [5.74, 6) is 1.08. The molecule has 0 saturated heterocycles. The first-order valence-corrected chi connectivity index (χ1v) is 8.02. The quantitative estimate of drug-likeness (QED) is 0.912. The third-order valence-electron chi connectivity index (χ3n) is 4.83. The van der Waals surface area contributed by atoms with Crippen LogP contribution < -0.4 is 10.1 Å². The van der Waals surface area contributed by atoms with Crippen molar-refractivity contribution in [2.75, 3.05) is 13.7 Å². The molecule has 20 heavy (non-hydrogen) atoms. The molecule has 0 aromatic heterocycles. The lowest BCUT2D eigenvalue weighted by Crippen LogP contribution is -2.60. The van der Waals surface area contributed by atoms with Gasteiger partial charge in [-0.1, -0.05) is 29.8 Å². The minimum atomic E-state index is 0.199. The molecule has 0 spiro atoms. The average Bonchev–Trinajstić information content (AvgIpc) is 2.85. The van der Waals surface area contributed by atoms with Gasteiger partial charge in [-0.3, -0.25) is 0 Å². The number of rotatable bonds is 4. The Bertz CT molecular complexity index is 515. The standard InChI is InChI=1S/C16H22BrNO2/c1-16(2)13(8-14(16)19-3)18-9-11-7-12(17)6-10-4-5-20-15(10)11/h6-7,13-14,18H,4-5,8-9H2,1-3H3. The first-order chi connectivity index (χ1) is 9.52. The number of fused-ring (bicyclic) bond motifs is 1. The Morgan fingerprint density at radius 3 is 2.95 bits per heavy atom. The van der Waals surface area contributed by atoms with Crippen molar-refractivity contribution in [3.8, 4) is 5.75 Å². The van der Waals surface area contributed by atoms with Gasteiger partial charge in [-0.2, -0.15) is 0 Å². The lowest BCUT2D eigenvalue weighted by Gasteiger charge is -2.51. The Hall–Kier alpha value is -0.580. The fourth-order valence-corrected chi connectivity index (χ4v) is 3.89. The minimum absolute atomic E-state index is 0.199. The number of nitrogens with one attached hydrogen (secondary N) is 1. The van der Waals surface area contributed by atoms with Gasteiger partial charge in [-0.15, -0.1) is 0 Å². The molecular weight excluding hydrogens is 318 g/mol. The largest absolute Gasteiger partial charge is 0.493 e. The summed E-state index contributed by atoms with van der Waals surface area (Å²) in [5, 5.41) is 3.67. The monoisotopic (exact) mass is 339 g/mol. The van der Waals surface area contributed by atoms with Gasteiger partial charge in [0.15, 0.2) is 0 Å². The number of hydrogen-bond donors (Lipinski definition) is 1. The number of benzene rings is 1. The van der Waals surface area contributed by atoms with Crippen molar-refractivity contribution in [2.24, 2.45) is 5.41 Å². The van der Waals surface area contributed by atoms with Crippen molar-refractivity contribution in [2.45, 2.75) is 45.4 Å². The molecular formula is C16H22BrNO2. The summed E-state index contributed by atoms with van der Waals surface area (Å²) in [6.45, 7) is 6.19. The first-order valence-electron chi connectivity index (χ1n) is 7.22. The summed E-state index contributed by atoms with van der Waals surface area (Å²) in [5.41, 5.74) is 2.77. The van der Waals surface area contributed by atoms with Crippen molar-refractivity contribution in [1.29, 1.82) is 0 Å². The van der Waals surface area contributed by atoms with Gasteiger partial charge in [0.05, 0.1) is 12.7 Å². The Morgan fingerprint density at radius 1 is 1.45 bits per heavy atom.